The molecule has 0 fully saturated rings. The molecule has 0 radical (unpaired) electrons. The lowest BCUT2D eigenvalue weighted by Crippen LogP contribution is -2.31. The molecule has 0 saturated carbocycles. The zero-order valence-electron chi connectivity index (χ0n) is 18.5. The van der Waals surface area contributed by atoms with Crippen LogP contribution in [0.15, 0.2) is 39.5 Å². The number of hydrogen-bond acceptors (Lipinski definition) is 4. The van der Waals surface area contributed by atoms with Crippen LogP contribution < -0.4 is 5.43 Å². The van der Waals surface area contributed by atoms with Gasteiger partial charge in [0.15, 0.2) is 5.43 Å². The van der Waals surface area contributed by atoms with Gasteiger partial charge in [-0.3, -0.25) is 9.59 Å². The SMILES string of the molecule is Cc1cc2oc3c(c(=O)c2cc1C)C(c1ccc(Cl)c(Cl)c1)N(CCCOC(C)C)C3=O. The molecule has 1 atom stereocenters. The largest absolute Gasteiger partial charge is 0.450 e. The molecule has 3 aromatic rings. The van der Waals surface area contributed by atoms with Gasteiger partial charge < -0.3 is 14.1 Å². The third-order valence-corrected chi connectivity index (χ3v) is 6.57. The zero-order chi connectivity index (χ0) is 23.2. The summed E-state index contributed by atoms with van der Waals surface area (Å²) in [5.74, 6) is -0.218. The first-order chi connectivity index (χ1) is 15.2. The minimum Gasteiger partial charge on any atom is -0.450 e. The molecule has 1 aliphatic heterocycles. The standard InChI is InChI=1S/C25H25Cl2NO4/c1-13(2)31-9-5-8-28-22(16-6-7-18(26)19(27)12-16)21-23(29)17-10-14(3)15(4)11-20(17)32-24(21)25(28)30/h6-7,10-13,22H,5,8-9H2,1-4H3. The smallest absolute Gasteiger partial charge is 0.290 e. The van der Waals surface area contributed by atoms with E-state index >= 15 is 0 Å². The molecule has 2 heterocycles. The highest BCUT2D eigenvalue weighted by Crippen LogP contribution is 2.40. The Morgan fingerprint density at radius 3 is 2.47 bits per heavy atom. The minimum atomic E-state index is -0.603. The van der Waals surface area contributed by atoms with Crippen LogP contribution in [0.3, 0.4) is 0 Å². The van der Waals surface area contributed by atoms with Gasteiger partial charge in [0, 0.05) is 13.2 Å². The minimum absolute atomic E-state index is 0.0894. The van der Waals surface area contributed by atoms with Gasteiger partial charge in [0.05, 0.1) is 33.1 Å². The fourth-order valence-electron chi connectivity index (χ4n) is 4.09. The van der Waals surface area contributed by atoms with Crippen LogP contribution in [-0.2, 0) is 4.74 Å². The average Bonchev–Trinajstić information content (AvgIpc) is 3.01. The molecular formula is C25H25Cl2NO4. The molecule has 168 valence electrons. The second-order valence-corrected chi connectivity index (χ2v) is 9.27. The number of carbonyl (C=O) groups is 1. The normalized spacial score (nSPS) is 15.8. The number of carbonyl (C=O) groups excluding carboxylic acids is 1. The third kappa shape index (κ3) is 4.05. The van der Waals surface area contributed by atoms with Crippen LogP contribution in [-0.4, -0.2) is 30.1 Å². The number of amides is 1. The van der Waals surface area contributed by atoms with Crippen molar-refractivity contribution in [2.75, 3.05) is 13.2 Å². The summed E-state index contributed by atoms with van der Waals surface area (Å²) in [6.07, 6.45) is 0.731. The van der Waals surface area contributed by atoms with Gasteiger partial charge in [-0.05, 0) is 75.1 Å². The summed E-state index contributed by atoms with van der Waals surface area (Å²) in [7, 11) is 0. The highest BCUT2D eigenvalue weighted by molar-refractivity contribution is 6.42. The Balaban J connectivity index is 1.86. The van der Waals surface area contributed by atoms with Crippen molar-refractivity contribution in [2.24, 2.45) is 0 Å². The van der Waals surface area contributed by atoms with E-state index < -0.39 is 6.04 Å². The number of halogens is 2. The van der Waals surface area contributed by atoms with Crippen LogP contribution >= 0.6 is 23.2 Å². The van der Waals surface area contributed by atoms with Gasteiger partial charge in [-0.1, -0.05) is 29.3 Å². The van der Waals surface area contributed by atoms with E-state index in [2.05, 4.69) is 0 Å². The molecule has 4 rings (SSSR count). The lowest BCUT2D eigenvalue weighted by molar-refractivity contribution is 0.0593. The highest BCUT2D eigenvalue weighted by atomic mass is 35.5. The van der Waals surface area contributed by atoms with Gasteiger partial charge >= 0.3 is 0 Å². The van der Waals surface area contributed by atoms with Gasteiger partial charge in [-0.25, -0.2) is 0 Å². The molecule has 0 spiro atoms. The zero-order valence-corrected chi connectivity index (χ0v) is 20.0. The van der Waals surface area contributed by atoms with Crippen molar-refractivity contribution >= 4 is 40.1 Å². The summed E-state index contributed by atoms with van der Waals surface area (Å²) in [6.45, 7) is 8.75. The molecule has 1 aliphatic rings. The van der Waals surface area contributed by atoms with E-state index in [4.69, 9.17) is 32.4 Å². The van der Waals surface area contributed by atoms with Gasteiger partial charge in [-0.15, -0.1) is 0 Å². The van der Waals surface area contributed by atoms with Crippen LogP contribution in [0.1, 0.15) is 59.1 Å². The van der Waals surface area contributed by atoms with Crippen LogP contribution in [0.4, 0.5) is 0 Å². The molecule has 0 saturated heterocycles. The maximum absolute atomic E-state index is 13.6. The number of benzene rings is 2. The number of aryl methyl sites for hydroxylation is 2. The number of nitrogens with zero attached hydrogens (tertiary/aromatic N) is 1. The van der Waals surface area contributed by atoms with Crippen LogP contribution in [0.5, 0.6) is 0 Å². The maximum Gasteiger partial charge on any atom is 0.290 e. The summed E-state index contributed by atoms with van der Waals surface area (Å²) in [5, 5.41) is 1.24. The van der Waals surface area contributed by atoms with E-state index in [1.54, 1.807) is 23.1 Å². The first kappa shape index (κ1) is 22.8. The van der Waals surface area contributed by atoms with E-state index in [1.165, 1.54) is 0 Å². The molecule has 0 N–H and O–H groups in total. The molecule has 1 unspecified atom stereocenters. The van der Waals surface area contributed by atoms with Crippen molar-refractivity contribution in [3.05, 3.63) is 78.6 Å². The predicted octanol–water partition coefficient (Wildman–Crippen LogP) is 6.08. The van der Waals surface area contributed by atoms with Crippen LogP contribution in [0.2, 0.25) is 10.0 Å². The molecule has 5 nitrogen and oxygen atoms in total. The van der Waals surface area contributed by atoms with Gasteiger partial charge in [0.25, 0.3) is 5.91 Å². The molecule has 7 heteroatoms. The maximum atomic E-state index is 13.6. The van der Waals surface area contributed by atoms with Crippen molar-refractivity contribution in [3.63, 3.8) is 0 Å². The molecule has 0 aliphatic carbocycles. The second-order valence-electron chi connectivity index (χ2n) is 8.45. The fraction of sp³-hybridized carbons (Fsp3) is 0.360. The summed E-state index contributed by atoms with van der Waals surface area (Å²) in [6, 6.07) is 8.21. The van der Waals surface area contributed by atoms with Crippen LogP contribution in [0.25, 0.3) is 11.0 Å². The van der Waals surface area contributed by atoms with Crippen molar-refractivity contribution in [2.45, 2.75) is 46.3 Å². The predicted molar refractivity (Wildman–Crippen MR) is 127 cm³/mol. The summed E-state index contributed by atoms with van der Waals surface area (Å²) in [5.41, 5.74) is 3.26. The Morgan fingerprint density at radius 2 is 1.78 bits per heavy atom. The lowest BCUT2D eigenvalue weighted by Gasteiger charge is -2.25. The summed E-state index contributed by atoms with van der Waals surface area (Å²) in [4.78, 5) is 28.7. The quantitative estimate of drug-likeness (QED) is 0.407. The average molecular weight is 474 g/mol. The summed E-state index contributed by atoms with van der Waals surface area (Å²) >= 11 is 12.4. The number of fused-ring (bicyclic) bond motifs is 2. The van der Waals surface area contributed by atoms with E-state index in [9.17, 15) is 9.59 Å². The molecule has 0 bridgehead atoms. The Hall–Kier alpha value is -2.34. The van der Waals surface area contributed by atoms with E-state index in [0.29, 0.717) is 51.7 Å². The first-order valence-corrected chi connectivity index (χ1v) is 11.4. The molecule has 2 aromatic carbocycles. The molecule has 1 aromatic heterocycles. The van der Waals surface area contributed by atoms with Crippen molar-refractivity contribution < 1.29 is 13.9 Å². The van der Waals surface area contributed by atoms with Crippen LogP contribution in [0, 0.1) is 13.8 Å². The Morgan fingerprint density at radius 1 is 1.06 bits per heavy atom. The molecule has 1 amide bonds. The van der Waals surface area contributed by atoms with E-state index in [0.717, 1.165) is 11.1 Å². The monoisotopic (exact) mass is 473 g/mol. The van der Waals surface area contributed by atoms with Crippen molar-refractivity contribution in [1.82, 2.24) is 4.90 Å². The third-order valence-electron chi connectivity index (χ3n) is 5.84. The molecule has 32 heavy (non-hydrogen) atoms. The number of hydrogen-bond donors (Lipinski definition) is 0. The van der Waals surface area contributed by atoms with Crippen molar-refractivity contribution in [1.29, 1.82) is 0 Å². The van der Waals surface area contributed by atoms with Gasteiger partial charge in [-0.2, -0.15) is 0 Å². The summed E-state index contributed by atoms with van der Waals surface area (Å²) < 4.78 is 11.7. The molecular weight excluding hydrogens is 449 g/mol. The number of rotatable bonds is 6. The Labute approximate surface area is 196 Å². The van der Waals surface area contributed by atoms with Gasteiger partial charge in [0.2, 0.25) is 5.76 Å². The first-order valence-electron chi connectivity index (χ1n) is 10.6. The fourth-order valence-corrected chi connectivity index (χ4v) is 4.40. The highest BCUT2D eigenvalue weighted by Gasteiger charge is 2.42. The number of ether oxygens (including phenoxy) is 1. The van der Waals surface area contributed by atoms with E-state index in [-0.39, 0.29) is 23.2 Å². The lowest BCUT2D eigenvalue weighted by atomic mass is 9.97. The van der Waals surface area contributed by atoms with E-state index in [1.807, 2.05) is 39.8 Å². The van der Waals surface area contributed by atoms with Gasteiger partial charge in [0.1, 0.15) is 5.58 Å². The second kappa shape index (κ2) is 8.89. The topological polar surface area (TPSA) is 59.8 Å². The Bertz CT molecular complexity index is 1270. The Kier molecular flexibility index (Phi) is 6.35. The van der Waals surface area contributed by atoms with Crippen molar-refractivity contribution in [3.8, 4) is 0 Å².